The van der Waals surface area contributed by atoms with Crippen molar-refractivity contribution in [1.29, 1.82) is 0 Å². The molecule has 1 heterocycles. The van der Waals surface area contributed by atoms with Crippen LogP contribution in [0.1, 0.15) is 19.5 Å². The van der Waals surface area contributed by atoms with Gasteiger partial charge in [0.25, 0.3) is 0 Å². The van der Waals surface area contributed by atoms with E-state index in [0.29, 0.717) is 18.5 Å². The molecule has 0 bridgehead atoms. The van der Waals surface area contributed by atoms with Crippen molar-refractivity contribution in [2.45, 2.75) is 25.3 Å². The van der Waals surface area contributed by atoms with Crippen LogP contribution in [0.15, 0.2) is 78.3 Å². The van der Waals surface area contributed by atoms with Crippen LogP contribution in [-0.4, -0.2) is 47.7 Å². The zero-order valence-corrected chi connectivity index (χ0v) is 19.8. The molecule has 0 unspecified atom stereocenters. The molecule has 2 aromatic carbocycles. The molecule has 170 valence electrons. The van der Waals surface area contributed by atoms with E-state index in [9.17, 15) is 13.2 Å². The number of hydrogen-bond donors (Lipinski definition) is 0. The number of aromatic nitrogens is 1. The third kappa shape index (κ3) is 5.29. The van der Waals surface area contributed by atoms with Crippen LogP contribution in [0.25, 0.3) is 10.8 Å². The topological polar surface area (TPSA) is 62.6 Å². The van der Waals surface area contributed by atoms with Crippen molar-refractivity contribution in [2.75, 3.05) is 19.6 Å². The molecular weight excluding hydrogens is 422 g/mol. The molecule has 0 fully saturated rings. The number of sulfonamides is 1. The van der Waals surface area contributed by atoms with E-state index in [2.05, 4.69) is 6.58 Å². The highest BCUT2D eigenvalue weighted by molar-refractivity contribution is 7.89. The Hall–Kier alpha value is -2.90. The normalized spacial score (nSPS) is 11.9. The van der Waals surface area contributed by atoms with E-state index in [4.69, 9.17) is 0 Å². The largest absolute Gasteiger partial charge is 0.353 e. The fourth-order valence-corrected chi connectivity index (χ4v) is 5.33. The second-order valence-electron chi connectivity index (χ2n) is 8.34. The Bertz CT molecular complexity index is 1190. The lowest BCUT2D eigenvalue weighted by Crippen LogP contribution is -2.44. The Morgan fingerprint density at radius 2 is 1.81 bits per heavy atom. The van der Waals surface area contributed by atoms with Crippen LogP contribution in [0, 0.1) is 5.92 Å². The van der Waals surface area contributed by atoms with Gasteiger partial charge in [-0.1, -0.05) is 56.3 Å². The van der Waals surface area contributed by atoms with Crippen LogP contribution in [0.5, 0.6) is 0 Å². The Labute approximate surface area is 190 Å². The third-order valence-electron chi connectivity index (χ3n) is 5.35. The molecule has 32 heavy (non-hydrogen) atoms. The molecule has 0 saturated heterocycles. The molecule has 0 N–H and O–H groups in total. The van der Waals surface area contributed by atoms with E-state index in [1.165, 1.54) is 10.4 Å². The minimum Gasteiger partial charge on any atom is -0.353 e. The van der Waals surface area contributed by atoms with Gasteiger partial charge in [0, 0.05) is 37.4 Å². The summed E-state index contributed by atoms with van der Waals surface area (Å²) >= 11 is 0. The Balaban J connectivity index is 1.91. The van der Waals surface area contributed by atoms with Crippen molar-refractivity contribution in [2.24, 2.45) is 13.0 Å². The number of nitrogens with zero attached hydrogens (tertiary/aromatic N) is 3. The number of hydrogen-bond acceptors (Lipinski definition) is 3. The Morgan fingerprint density at radius 3 is 2.47 bits per heavy atom. The molecule has 3 aromatic rings. The first kappa shape index (κ1) is 23.8. The zero-order valence-electron chi connectivity index (χ0n) is 18.9. The molecule has 0 radical (unpaired) electrons. The fraction of sp³-hybridized carbons (Fsp3) is 0.320. The summed E-state index contributed by atoms with van der Waals surface area (Å²) in [6, 6.07) is 16.4. The molecule has 0 aliphatic heterocycles. The van der Waals surface area contributed by atoms with Gasteiger partial charge in [-0.2, -0.15) is 4.31 Å². The van der Waals surface area contributed by atoms with Crippen molar-refractivity contribution in [3.05, 3.63) is 79.1 Å². The smallest absolute Gasteiger partial charge is 0.244 e. The maximum atomic E-state index is 13.6. The molecule has 0 aliphatic carbocycles. The number of aryl methyl sites for hydroxylation is 1. The van der Waals surface area contributed by atoms with Crippen molar-refractivity contribution >= 4 is 26.7 Å². The molecule has 0 aliphatic rings. The summed E-state index contributed by atoms with van der Waals surface area (Å²) < 4.78 is 30.4. The highest BCUT2D eigenvalue weighted by atomic mass is 32.2. The van der Waals surface area contributed by atoms with Gasteiger partial charge < -0.3 is 9.47 Å². The van der Waals surface area contributed by atoms with Crippen LogP contribution in [-0.2, 0) is 28.4 Å². The monoisotopic (exact) mass is 453 g/mol. The molecular formula is C25H31N3O3S. The van der Waals surface area contributed by atoms with Crippen LogP contribution >= 0.6 is 0 Å². The summed E-state index contributed by atoms with van der Waals surface area (Å²) in [5, 5.41) is 1.47. The van der Waals surface area contributed by atoms with Gasteiger partial charge in [0.1, 0.15) is 0 Å². The molecule has 6 nitrogen and oxygen atoms in total. The standard InChI is InChI=1S/C25H31N3O3S/c1-5-15-28(32(30,31)24-14-8-11-21-10-6-7-13-23(21)24)19-25(29)27(17-20(2)3)18-22-12-9-16-26(22)4/h5-14,16,20H,1,15,17-19H2,2-4H3. The predicted octanol–water partition coefficient (Wildman–Crippen LogP) is 4.04. The SMILES string of the molecule is C=CCN(CC(=O)N(Cc1cccn1C)CC(C)C)S(=O)(=O)c1cccc2ccccc12. The second kappa shape index (κ2) is 10.1. The number of amides is 1. The quantitative estimate of drug-likeness (QED) is 0.435. The average molecular weight is 454 g/mol. The Morgan fingerprint density at radius 1 is 1.09 bits per heavy atom. The van der Waals surface area contributed by atoms with Crippen LogP contribution in [0.4, 0.5) is 0 Å². The summed E-state index contributed by atoms with van der Waals surface area (Å²) in [6.07, 6.45) is 3.45. The molecule has 1 aromatic heterocycles. The predicted molar refractivity (Wildman–Crippen MR) is 129 cm³/mol. The number of rotatable bonds is 10. The maximum absolute atomic E-state index is 13.6. The molecule has 3 rings (SSSR count). The minimum atomic E-state index is -3.91. The van der Waals surface area contributed by atoms with Gasteiger partial charge >= 0.3 is 0 Å². The first-order chi connectivity index (χ1) is 15.2. The van der Waals surface area contributed by atoms with E-state index in [-0.39, 0.29) is 29.8 Å². The third-order valence-corrected chi connectivity index (χ3v) is 7.22. The molecule has 7 heteroatoms. The minimum absolute atomic E-state index is 0.0525. The van der Waals surface area contributed by atoms with Gasteiger partial charge in [0.05, 0.1) is 18.0 Å². The number of fused-ring (bicyclic) bond motifs is 1. The second-order valence-corrected chi connectivity index (χ2v) is 10.2. The summed E-state index contributed by atoms with van der Waals surface area (Å²) in [5.74, 6) is 0.0207. The fourth-order valence-electron chi connectivity index (χ4n) is 3.75. The van der Waals surface area contributed by atoms with Crippen molar-refractivity contribution in [1.82, 2.24) is 13.8 Å². The molecule has 0 atom stereocenters. The van der Waals surface area contributed by atoms with Crippen LogP contribution in [0.2, 0.25) is 0 Å². The van der Waals surface area contributed by atoms with Crippen molar-refractivity contribution < 1.29 is 13.2 Å². The number of carbonyl (C=O) groups is 1. The lowest BCUT2D eigenvalue weighted by Gasteiger charge is -2.28. The van der Waals surface area contributed by atoms with Crippen molar-refractivity contribution in [3.8, 4) is 0 Å². The van der Waals surface area contributed by atoms with E-state index in [1.807, 2.05) is 68.1 Å². The van der Waals surface area contributed by atoms with Gasteiger partial charge in [-0.15, -0.1) is 6.58 Å². The Kier molecular flexibility index (Phi) is 7.53. The van der Waals surface area contributed by atoms with Crippen LogP contribution in [0.3, 0.4) is 0 Å². The summed E-state index contributed by atoms with van der Waals surface area (Å²) in [4.78, 5) is 15.2. The lowest BCUT2D eigenvalue weighted by atomic mass is 10.1. The van der Waals surface area contributed by atoms with Gasteiger partial charge in [0.2, 0.25) is 15.9 Å². The molecule has 0 spiro atoms. The summed E-state index contributed by atoms with van der Waals surface area (Å²) in [5.41, 5.74) is 0.992. The van der Waals surface area contributed by atoms with E-state index in [0.717, 1.165) is 11.1 Å². The number of benzene rings is 2. The lowest BCUT2D eigenvalue weighted by molar-refractivity contribution is -0.132. The van der Waals surface area contributed by atoms with E-state index < -0.39 is 10.0 Å². The summed E-state index contributed by atoms with van der Waals surface area (Å²) in [6.45, 7) is 8.57. The van der Waals surface area contributed by atoms with Gasteiger partial charge in [0.15, 0.2) is 0 Å². The van der Waals surface area contributed by atoms with Crippen LogP contribution < -0.4 is 0 Å². The highest BCUT2D eigenvalue weighted by Gasteiger charge is 2.29. The van der Waals surface area contributed by atoms with Gasteiger partial charge in [-0.05, 0) is 29.5 Å². The average Bonchev–Trinajstić information content (AvgIpc) is 3.16. The first-order valence-corrected chi connectivity index (χ1v) is 12.1. The van der Waals surface area contributed by atoms with E-state index >= 15 is 0 Å². The van der Waals surface area contributed by atoms with E-state index in [1.54, 1.807) is 23.1 Å². The number of carbonyl (C=O) groups excluding carboxylic acids is 1. The van der Waals surface area contributed by atoms with Gasteiger partial charge in [-0.25, -0.2) is 8.42 Å². The first-order valence-electron chi connectivity index (χ1n) is 10.7. The zero-order chi connectivity index (χ0) is 23.3. The van der Waals surface area contributed by atoms with Crippen molar-refractivity contribution in [3.63, 3.8) is 0 Å². The maximum Gasteiger partial charge on any atom is 0.244 e. The highest BCUT2D eigenvalue weighted by Crippen LogP contribution is 2.26. The molecule has 1 amide bonds. The van der Waals surface area contributed by atoms with Gasteiger partial charge in [-0.3, -0.25) is 4.79 Å². The molecule has 0 saturated carbocycles. The summed E-state index contributed by atoms with van der Waals surface area (Å²) in [7, 11) is -1.97.